The number of halogens is 1. The maximum atomic E-state index is 13.1. The molecule has 6 nitrogen and oxygen atoms in total. The van der Waals surface area contributed by atoms with Gasteiger partial charge in [0.1, 0.15) is 0 Å². The molecule has 30 heavy (non-hydrogen) atoms. The number of carboxylic acid groups (broad SMARTS) is 1. The zero-order valence-corrected chi connectivity index (χ0v) is 17.0. The number of amides is 1. The number of carboxylic acids is 1. The molecule has 1 heterocycles. The second-order valence-electron chi connectivity index (χ2n) is 7.45. The summed E-state index contributed by atoms with van der Waals surface area (Å²) in [5.41, 5.74) is 3.59. The van der Waals surface area contributed by atoms with E-state index in [4.69, 9.17) is 26.9 Å². The van der Waals surface area contributed by atoms with Gasteiger partial charge in [-0.15, -0.1) is 0 Å². The standard InChI is InChI=1S/C23H21ClN2O4/c24-18-3-1-2-16(13-4-5-13)20(18)22(27)26-19-10-11-30-12-17(19)21(25)14-6-8-15(9-7-14)23(28)29/h1-3,6-9,13,25H,4-5,10-12H2,(H,26,27)(H,28,29). The highest BCUT2D eigenvalue weighted by molar-refractivity contribution is 6.34. The average Bonchev–Trinajstić information content (AvgIpc) is 3.59. The van der Waals surface area contributed by atoms with Crippen molar-refractivity contribution in [3.05, 3.63) is 81.0 Å². The zero-order chi connectivity index (χ0) is 21.3. The highest BCUT2D eigenvalue weighted by Crippen LogP contribution is 2.43. The molecule has 154 valence electrons. The molecule has 1 aliphatic carbocycles. The fraction of sp³-hybridized carbons (Fsp3) is 0.261. The number of nitrogens with one attached hydrogen (secondary N) is 2. The summed E-state index contributed by atoms with van der Waals surface area (Å²) in [7, 11) is 0. The lowest BCUT2D eigenvalue weighted by Crippen LogP contribution is -2.31. The van der Waals surface area contributed by atoms with E-state index in [-0.39, 0.29) is 23.8 Å². The number of hydrogen-bond donors (Lipinski definition) is 3. The van der Waals surface area contributed by atoms with Crippen LogP contribution in [-0.4, -0.2) is 35.9 Å². The molecule has 0 saturated heterocycles. The van der Waals surface area contributed by atoms with Crippen LogP contribution in [0.25, 0.3) is 0 Å². The first-order valence-corrected chi connectivity index (χ1v) is 10.2. The number of rotatable bonds is 6. The fourth-order valence-corrected chi connectivity index (χ4v) is 3.88. The third kappa shape index (κ3) is 4.15. The van der Waals surface area contributed by atoms with Gasteiger partial charge in [-0.2, -0.15) is 0 Å². The first kappa shape index (κ1) is 20.3. The summed E-state index contributed by atoms with van der Waals surface area (Å²) in [5.74, 6) is -0.919. The molecule has 0 spiro atoms. The largest absolute Gasteiger partial charge is 0.478 e. The molecule has 1 aliphatic heterocycles. The monoisotopic (exact) mass is 424 g/mol. The van der Waals surface area contributed by atoms with E-state index in [1.807, 2.05) is 12.1 Å². The highest BCUT2D eigenvalue weighted by Gasteiger charge is 2.30. The lowest BCUT2D eigenvalue weighted by molar-refractivity contribution is 0.0696. The highest BCUT2D eigenvalue weighted by atomic mass is 35.5. The molecular formula is C23H21ClN2O4. The van der Waals surface area contributed by atoms with Crippen molar-refractivity contribution in [2.75, 3.05) is 13.2 Å². The minimum absolute atomic E-state index is 0.153. The van der Waals surface area contributed by atoms with Gasteiger partial charge < -0.3 is 15.2 Å². The summed E-state index contributed by atoms with van der Waals surface area (Å²) in [6.07, 6.45) is 2.58. The van der Waals surface area contributed by atoms with Crippen molar-refractivity contribution in [3.63, 3.8) is 0 Å². The smallest absolute Gasteiger partial charge is 0.335 e. The van der Waals surface area contributed by atoms with Gasteiger partial charge in [0.15, 0.2) is 0 Å². The maximum Gasteiger partial charge on any atom is 0.335 e. The Morgan fingerprint density at radius 1 is 1.10 bits per heavy atom. The number of aromatic carboxylic acids is 1. The van der Waals surface area contributed by atoms with E-state index in [2.05, 4.69) is 5.32 Å². The third-order valence-electron chi connectivity index (χ3n) is 5.38. The van der Waals surface area contributed by atoms with Gasteiger partial charge in [-0.3, -0.25) is 10.2 Å². The number of carbonyl (C=O) groups excluding carboxylic acids is 1. The summed E-state index contributed by atoms with van der Waals surface area (Å²) in [6.45, 7) is 0.648. The molecule has 0 unspecified atom stereocenters. The van der Waals surface area contributed by atoms with E-state index in [1.54, 1.807) is 18.2 Å². The van der Waals surface area contributed by atoms with Crippen molar-refractivity contribution in [1.82, 2.24) is 5.32 Å². The average molecular weight is 425 g/mol. The Bertz CT molecular complexity index is 1060. The molecular weight excluding hydrogens is 404 g/mol. The SMILES string of the molecule is N=C(C1=C(NC(=O)c2c(Cl)cccc2C2CC2)CCOC1)c1ccc(C(=O)O)cc1. The van der Waals surface area contributed by atoms with Crippen LogP contribution in [-0.2, 0) is 4.74 Å². The number of benzene rings is 2. The Balaban J connectivity index is 1.62. The molecule has 1 saturated carbocycles. The minimum Gasteiger partial charge on any atom is -0.478 e. The molecule has 1 amide bonds. The van der Waals surface area contributed by atoms with Crippen LogP contribution in [0.5, 0.6) is 0 Å². The maximum absolute atomic E-state index is 13.1. The Morgan fingerprint density at radius 3 is 2.47 bits per heavy atom. The fourth-order valence-electron chi connectivity index (χ4n) is 3.62. The molecule has 0 bridgehead atoms. The van der Waals surface area contributed by atoms with E-state index in [0.29, 0.717) is 46.4 Å². The number of ether oxygens (including phenoxy) is 1. The van der Waals surface area contributed by atoms with E-state index in [1.165, 1.54) is 12.1 Å². The van der Waals surface area contributed by atoms with Crippen molar-refractivity contribution >= 4 is 29.2 Å². The zero-order valence-electron chi connectivity index (χ0n) is 16.2. The van der Waals surface area contributed by atoms with Gasteiger partial charge in [0.2, 0.25) is 0 Å². The van der Waals surface area contributed by atoms with Crippen molar-refractivity contribution < 1.29 is 19.4 Å². The van der Waals surface area contributed by atoms with Gasteiger partial charge in [-0.25, -0.2) is 4.79 Å². The van der Waals surface area contributed by atoms with Gasteiger partial charge in [0, 0.05) is 17.7 Å². The van der Waals surface area contributed by atoms with Crippen LogP contribution in [0, 0.1) is 5.41 Å². The molecule has 2 aliphatic rings. The van der Waals surface area contributed by atoms with Crippen LogP contribution >= 0.6 is 11.6 Å². The normalized spacial score (nSPS) is 16.3. The summed E-state index contributed by atoms with van der Waals surface area (Å²) >= 11 is 6.36. The summed E-state index contributed by atoms with van der Waals surface area (Å²) in [5, 5.41) is 21.0. The van der Waals surface area contributed by atoms with E-state index < -0.39 is 5.97 Å². The number of carbonyl (C=O) groups is 2. The second-order valence-corrected chi connectivity index (χ2v) is 7.86. The molecule has 0 aromatic heterocycles. The molecule has 0 radical (unpaired) electrons. The van der Waals surface area contributed by atoms with Crippen LogP contribution < -0.4 is 5.32 Å². The van der Waals surface area contributed by atoms with Gasteiger partial charge in [-0.1, -0.05) is 35.9 Å². The Hall–Kier alpha value is -2.96. The van der Waals surface area contributed by atoms with Gasteiger partial charge in [0.25, 0.3) is 5.91 Å². The minimum atomic E-state index is -1.02. The first-order valence-electron chi connectivity index (χ1n) is 9.78. The van der Waals surface area contributed by atoms with Crippen LogP contribution in [0.1, 0.15) is 57.0 Å². The second kappa shape index (κ2) is 8.42. The van der Waals surface area contributed by atoms with E-state index in [9.17, 15) is 9.59 Å². The van der Waals surface area contributed by atoms with Crippen molar-refractivity contribution in [2.24, 2.45) is 0 Å². The van der Waals surface area contributed by atoms with Crippen LogP contribution in [0.4, 0.5) is 0 Å². The predicted molar refractivity (Wildman–Crippen MR) is 114 cm³/mol. The lowest BCUT2D eigenvalue weighted by Gasteiger charge is -2.23. The van der Waals surface area contributed by atoms with Gasteiger partial charge in [0.05, 0.1) is 35.1 Å². The predicted octanol–water partition coefficient (Wildman–Crippen LogP) is 4.39. The van der Waals surface area contributed by atoms with Gasteiger partial charge >= 0.3 is 5.97 Å². The third-order valence-corrected chi connectivity index (χ3v) is 5.70. The van der Waals surface area contributed by atoms with Crippen LogP contribution in [0.15, 0.2) is 53.7 Å². The van der Waals surface area contributed by atoms with Crippen LogP contribution in [0.2, 0.25) is 5.02 Å². The van der Waals surface area contributed by atoms with E-state index >= 15 is 0 Å². The van der Waals surface area contributed by atoms with Gasteiger partial charge in [-0.05, 0) is 48.1 Å². The Labute approximate surface area is 179 Å². The molecule has 1 fully saturated rings. The summed E-state index contributed by atoms with van der Waals surface area (Å²) in [4.78, 5) is 24.2. The quantitative estimate of drug-likeness (QED) is 0.599. The first-order chi connectivity index (χ1) is 14.5. The molecule has 0 atom stereocenters. The Kier molecular flexibility index (Phi) is 5.70. The molecule has 4 rings (SSSR count). The lowest BCUT2D eigenvalue weighted by atomic mass is 9.97. The van der Waals surface area contributed by atoms with Crippen molar-refractivity contribution in [2.45, 2.75) is 25.2 Å². The van der Waals surface area contributed by atoms with Crippen molar-refractivity contribution in [1.29, 1.82) is 5.41 Å². The summed E-state index contributed by atoms with van der Waals surface area (Å²) < 4.78 is 5.53. The molecule has 2 aromatic carbocycles. The molecule has 7 heteroatoms. The topological polar surface area (TPSA) is 99.5 Å². The van der Waals surface area contributed by atoms with Crippen molar-refractivity contribution in [3.8, 4) is 0 Å². The molecule has 2 aromatic rings. The molecule has 3 N–H and O–H groups in total. The summed E-state index contributed by atoms with van der Waals surface area (Å²) in [6, 6.07) is 11.6. The van der Waals surface area contributed by atoms with E-state index in [0.717, 1.165) is 18.4 Å². The van der Waals surface area contributed by atoms with Crippen LogP contribution in [0.3, 0.4) is 0 Å². The Morgan fingerprint density at radius 2 is 1.80 bits per heavy atom. The number of hydrogen-bond acceptors (Lipinski definition) is 4.